The number of fused-ring (bicyclic) bond motifs is 1. The predicted molar refractivity (Wildman–Crippen MR) is 91.0 cm³/mol. The lowest BCUT2D eigenvalue weighted by Gasteiger charge is -2.22. The number of carboxylic acids is 1. The van der Waals surface area contributed by atoms with Crippen LogP contribution in [-0.4, -0.2) is 39.6 Å². The van der Waals surface area contributed by atoms with Crippen molar-refractivity contribution in [3.63, 3.8) is 0 Å². The molecule has 0 aliphatic carbocycles. The second-order valence-electron chi connectivity index (χ2n) is 5.38. The Bertz CT molecular complexity index is 756. The standard InChI is InChI=1S/C18H15NO4S/c20-16-13-8-4-5-9-14(13)17(21)19(16)15(18(22)23)11-24-10-12-6-2-1-3-7-12/h1-9,15H,10-11H2,(H,22,23). The Morgan fingerprint density at radius 3 is 2.04 bits per heavy atom. The van der Waals surface area contributed by atoms with Gasteiger partial charge in [-0.25, -0.2) is 4.79 Å². The number of carbonyl (C=O) groups excluding carboxylic acids is 2. The molecule has 1 aliphatic rings. The molecule has 122 valence electrons. The molecule has 3 rings (SSSR count). The number of hydrogen-bond donors (Lipinski definition) is 1. The van der Waals surface area contributed by atoms with Gasteiger partial charge in [0.05, 0.1) is 11.1 Å². The second-order valence-corrected chi connectivity index (χ2v) is 6.41. The van der Waals surface area contributed by atoms with Crippen molar-refractivity contribution in [2.75, 3.05) is 5.75 Å². The predicted octanol–water partition coefficient (Wildman–Crippen LogP) is 2.67. The first-order valence-corrected chi connectivity index (χ1v) is 8.56. The molecule has 1 N–H and O–H groups in total. The number of carbonyl (C=O) groups is 3. The minimum Gasteiger partial charge on any atom is -0.480 e. The summed E-state index contributed by atoms with van der Waals surface area (Å²) in [5.41, 5.74) is 1.60. The average Bonchev–Trinajstić information content (AvgIpc) is 2.84. The average molecular weight is 341 g/mol. The van der Waals surface area contributed by atoms with E-state index < -0.39 is 23.8 Å². The molecule has 0 radical (unpaired) electrons. The fraction of sp³-hybridized carbons (Fsp3) is 0.167. The number of imide groups is 1. The largest absolute Gasteiger partial charge is 0.480 e. The van der Waals surface area contributed by atoms with Crippen LogP contribution in [0.3, 0.4) is 0 Å². The van der Waals surface area contributed by atoms with Gasteiger partial charge in [-0.2, -0.15) is 11.8 Å². The molecular weight excluding hydrogens is 326 g/mol. The summed E-state index contributed by atoms with van der Waals surface area (Å²) >= 11 is 1.39. The van der Waals surface area contributed by atoms with Crippen molar-refractivity contribution in [2.24, 2.45) is 0 Å². The molecule has 0 saturated carbocycles. The Kier molecular flexibility index (Phi) is 4.66. The van der Waals surface area contributed by atoms with Gasteiger partial charge in [-0.05, 0) is 17.7 Å². The number of hydrogen-bond acceptors (Lipinski definition) is 4. The summed E-state index contributed by atoms with van der Waals surface area (Å²) in [6, 6.07) is 14.9. The number of amides is 2. The van der Waals surface area contributed by atoms with E-state index >= 15 is 0 Å². The van der Waals surface area contributed by atoms with Crippen molar-refractivity contribution in [1.29, 1.82) is 0 Å². The van der Waals surface area contributed by atoms with Crippen molar-refractivity contribution in [1.82, 2.24) is 4.90 Å². The number of rotatable bonds is 6. The Hall–Kier alpha value is -2.60. The molecule has 2 amide bonds. The van der Waals surface area contributed by atoms with Crippen LogP contribution in [0.5, 0.6) is 0 Å². The third-order valence-corrected chi connectivity index (χ3v) is 4.90. The summed E-state index contributed by atoms with van der Waals surface area (Å²) in [6.45, 7) is 0. The molecule has 0 saturated heterocycles. The molecule has 1 unspecified atom stereocenters. The molecule has 5 nitrogen and oxygen atoms in total. The molecule has 0 spiro atoms. The van der Waals surface area contributed by atoms with Crippen molar-refractivity contribution >= 4 is 29.5 Å². The number of thioether (sulfide) groups is 1. The lowest BCUT2D eigenvalue weighted by Crippen LogP contribution is -2.46. The zero-order chi connectivity index (χ0) is 17.1. The topological polar surface area (TPSA) is 74.7 Å². The van der Waals surface area contributed by atoms with Crippen molar-refractivity contribution in [3.8, 4) is 0 Å². The van der Waals surface area contributed by atoms with Gasteiger partial charge in [0.15, 0.2) is 0 Å². The molecule has 0 aromatic heterocycles. The third-order valence-electron chi connectivity index (χ3n) is 3.81. The number of benzene rings is 2. The van der Waals surface area contributed by atoms with Crippen LogP contribution in [-0.2, 0) is 10.5 Å². The molecule has 1 heterocycles. The van der Waals surface area contributed by atoms with E-state index in [0.717, 1.165) is 10.5 Å². The summed E-state index contributed by atoms with van der Waals surface area (Å²) in [4.78, 5) is 37.3. The molecule has 1 atom stereocenters. The molecule has 0 fully saturated rings. The highest BCUT2D eigenvalue weighted by Crippen LogP contribution is 2.26. The van der Waals surface area contributed by atoms with Gasteiger partial charge in [0.25, 0.3) is 11.8 Å². The van der Waals surface area contributed by atoms with E-state index in [2.05, 4.69) is 0 Å². The van der Waals surface area contributed by atoms with Gasteiger partial charge in [0.1, 0.15) is 6.04 Å². The Labute approximate surface area is 143 Å². The van der Waals surface area contributed by atoms with Crippen LogP contribution in [0.25, 0.3) is 0 Å². The van der Waals surface area contributed by atoms with Crippen LogP contribution in [0, 0.1) is 0 Å². The van der Waals surface area contributed by atoms with E-state index in [4.69, 9.17) is 0 Å². The maximum atomic E-state index is 12.4. The summed E-state index contributed by atoms with van der Waals surface area (Å²) < 4.78 is 0. The Balaban J connectivity index is 1.74. The first kappa shape index (κ1) is 16.3. The second kappa shape index (κ2) is 6.88. The number of carboxylic acid groups (broad SMARTS) is 1. The van der Waals surface area contributed by atoms with E-state index in [1.807, 2.05) is 30.3 Å². The van der Waals surface area contributed by atoms with Crippen LogP contribution >= 0.6 is 11.8 Å². The van der Waals surface area contributed by atoms with Crippen LogP contribution in [0.2, 0.25) is 0 Å². The molecule has 2 aromatic rings. The Morgan fingerprint density at radius 1 is 0.958 bits per heavy atom. The lowest BCUT2D eigenvalue weighted by molar-refractivity contribution is -0.140. The van der Waals surface area contributed by atoms with Crippen molar-refractivity contribution in [2.45, 2.75) is 11.8 Å². The highest BCUT2D eigenvalue weighted by Gasteiger charge is 2.42. The van der Waals surface area contributed by atoms with Gasteiger partial charge >= 0.3 is 5.97 Å². The van der Waals surface area contributed by atoms with Crippen LogP contribution in [0.4, 0.5) is 0 Å². The van der Waals surface area contributed by atoms with E-state index in [-0.39, 0.29) is 16.9 Å². The highest BCUT2D eigenvalue weighted by atomic mass is 32.2. The van der Waals surface area contributed by atoms with Gasteiger partial charge in [-0.1, -0.05) is 42.5 Å². The zero-order valence-corrected chi connectivity index (χ0v) is 13.5. The number of nitrogens with zero attached hydrogens (tertiary/aromatic N) is 1. The third kappa shape index (κ3) is 3.05. The van der Waals surface area contributed by atoms with Crippen LogP contribution in [0.15, 0.2) is 54.6 Å². The van der Waals surface area contributed by atoms with Gasteiger partial charge in [-0.3, -0.25) is 14.5 Å². The summed E-state index contributed by atoms with van der Waals surface area (Å²) in [6.07, 6.45) is 0. The first-order chi connectivity index (χ1) is 11.6. The van der Waals surface area contributed by atoms with Crippen LogP contribution < -0.4 is 0 Å². The fourth-order valence-electron chi connectivity index (χ4n) is 2.61. The quantitative estimate of drug-likeness (QED) is 0.818. The Morgan fingerprint density at radius 2 is 1.50 bits per heavy atom. The minimum atomic E-state index is -1.18. The summed E-state index contributed by atoms with van der Waals surface area (Å²) in [7, 11) is 0. The molecule has 1 aliphatic heterocycles. The van der Waals surface area contributed by atoms with Crippen molar-refractivity contribution < 1.29 is 19.5 Å². The van der Waals surface area contributed by atoms with Gasteiger partial charge in [0.2, 0.25) is 0 Å². The maximum absolute atomic E-state index is 12.4. The molecule has 0 bridgehead atoms. The van der Waals surface area contributed by atoms with E-state index in [0.29, 0.717) is 5.75 Å². The molecule has 6 heteroatoms. The van der Waals surface area contributed by atoms with E-state index in [1.54, 1.807) is 24.3 Å². The minimum absolute atomic E-state index is 0.149. The van der Waals surface area contributed by atoms with E-state index in [9.17, 15) is 19.5 Å². The number of aliphatic carboxylic acids is 1. The summed E-state index contributed by atoms with van der Waals surface area (Å²) in [5.74, 6) is -1.49. The smallest absolute Gasteiger partial charge is 0.327 e. The SMILES string of the molecule is O=C(O)C(CSCc1ccccc1)N1C(=O)c2ccccc2C1=O. The molecular formula is C18H15NO4S. The zero-order valence-electron chi connectivity index (χ0n) is 12.7. The fourth-order valence-corrected chi connectivity index (χ4v) is 3.67. The monoisotopic (exact) mass is 341 g/mol. The molecule has 24 heavy (non-hydrogen) atoms. The van der Waals surface area contributed by atoms with Crippen LogP contribution in [0.1, 0.15) is 26.3 Å². The van der Waals surface area contributed by atoms with Gasteiger partial charge in [-0.15, -0.1) is 0 Å². The van der Waals surface area contributed by atoms with Crippen molar-refractivity contribution in [3.05, 3.63) is 71.3 Å². The van der Waals surface area contributed by atoms with Gasteiger partial charge < -0.3 is 5.11 Å². The molecule has 2 aromatic carbocycles. The first-order valence-electron chi connectivity index (χ1n) is 7.41. The lowest BCUT2D eigenvalue weighted by atomic mass is 10.1. The van der Waals surface area contributed by atoms with E-state index in [1.165, 1.54) is 11.8 Å². The van der Waals surface area contributed by atoms with Gasteiger partial charge in [0, 0.05) is 11.5 Å². The highest BCUT2D eigenvalue weighted by molar-refractivity contribution is 7.98. The normalized spacial score (nSPS) is 14.6. The summed E-state index contributed by atoms with van der Waals surface area (Å²) in [5, 5.41) is 9.49. The maximum Gasteiger partial charge on any atom is 0.327 e.